The van der Waals surface area contributed by atoms with E-state index < -0.39 is 0 Å². The molecule has 1 rings (SSSR count). The second kappa shape index (κ2) is 6.77. The van der Waals surface area contributed by atoms with Crippen molar-refractivity contribution in [2.24, 2.45) is 0 Å². The van der Waals surface area contributed by atoms with Crippen LogP contribution >= 0.6 is 0 Å². The molecule has 0 saturated heterocycles. The molecular weight excluding hydrogens is 208 g/mol. The van der Waals surface area contributed by atoms with E-state index >= 15 is 0 Å². The Kier molecular flexibility index (Phi) is 5.66. The van der Waals surface area contributed by atoms with E-state index in [0.29, 0.717) is 0 Å². The fourth-order valence-electron chi connectivity index (χ4n) is 2.02. The molecule has 0 unspecified atom stereocenters. The topological polar surface area (TPSA) is 24.1 Å². The normalized spacial score (nSPS) is 11.8. The lowest BCUT2D eigenvalue weighted by Gasteiger charge is -2.23. The van der Waals surface area contributed by atoms with Crippen molar-refractivity contribution in [1.82, 2.24) is 10.6 Å². The fourth-order valence-corrected chi connectivity index (χ4v) is 2.02. The smallest absolute Gasteiger partial charge is 0.0208 e. The van der Waals surface area contributed by atoms with E-state index in [4.69, 9.17) is 0 Å². The number of hydrogen-bond acceptors (Lipinski definition) is 2. The summed E-state index contributed by atoms with van der Waals surface area (Å²) >= 11 is 0. The van der Waals surface area contributed by atoms with Gasteiger partial charge in [-0.1, -0.05) is 45.0 Å². The molecular formula is C15H26N2. The van der Waals surface area contributed by atoms with Crippen molar-refractivity contribution < 1.29 is 0 Å². The molecule has 0 aliphatic carbocycles. The van der Waals surface area contributed by atoms with Crippen molar-refractivity contribution in [1.29, 1.82) is 0 Å². The lowest BCUT2D eigenvalue weighted by atomic mass is 9.84. The van der Waals surface area contributed by atoms with Crippen molar-refractivity contribution in [3.05, 3.63) is 35.4 Å². The molecule has 2 heteroatoms. The Balaban J connectivity index is 2.53. The number of hydrogen-bond donors (Lipinski definition) is 2. The van der Waals surface area contributed by atoms with Gasteiger partial charge < -0.3 is 10.6 Å². The molecule has 0 bridgehead atoms. The van der Waals surface area contributed by atoms with Crippen LogP contribution in [-0.2, 0) is 12.0 Å². The molecule has 0 aliphatic rings. The van der Waals surface area contributed by atoms with Crippen molar-refractivity contribution in [3.63, 3.8) is 0 Å². The van der Waals surface area contributed by atoms with Gasteiger partial charge in [-0.3, -0.25) is 0 Å². The van der Waals surface area contributed by atoms with E-state index in [-0.39, 0.29) is 5.41 Å². The van der Waals surface area contributed by atoms with Gasteiger partial charge in [-0.15, -0.1) is 0 Å². The predicted octanol–water partition coefficient (Wildman–Crippen LogP) is 2.68. The molecule has 0 atom stereocenters. The first kappa shape index (κ1) is 14.2. The average molecular weight is 234 g/mol. The van der Waals surface area contributed by atoms with Gasteiger partial charge in [-0.05, 0) is 43.1 Å². The van der Waals surface area contributed by atoms with Crippen molar-refractivity contribution in [2.45, 2.75) is 39.2 Å². The quantitative estimate of drug-likeness (QED) is 0.740. The molecule has 0 heterocycles. The predicted molar refractivity (Wildman–Crippen MR) is 75.4 cm³/mol. The number of nitrogens with one attached hydrogen (secondary N) is 2. The number of rotatable bonds is 6. The van der Waals surface area contributed by atoms with E-state index in [1.807, 2.05) is 7.05 Å². The van der Waals surface area contributed by atoms with Crippen LogP contribution in [0, 0.1) is 0 Å². The molecule has 2 N–H and O–H groups in total. The molecule has 0 amide bonds. The molecule has 0 saturated carbocycles. The Hall–Kier alpha value is -0.860. The van der Waals surface area contributed by atoms with E-state index in [0.717, 1.165) is 19.6 Å². The monoisotopic (exact) mass is 234 g/mol. The second-order valence-corrected chi connectivity index (χ2v) is 5.54. The summed E-state index contributed by atoms with van der Waals surface area (Å²) in [5.41, 5.74) is 3.09. The van der Waals surface area contributed by atoms with E-state index in [9.17, 15) is 0 Å². The van der Waals surface area contributed by atoms with Gasteiger partial charge in [-0.25, -0.2) is 0 Å². The van der Waals surface area contributed by atoms with Crippen LogP contribution < -0.4 is 10.6 Å². The third-order valence-electron chi connectivity index (χ3n) is 2.92. The zero-order chi connectivity index (χ0) is 12.7. The molecule has 1 aromatic rings. The van der Waals surface area contributed by atoms with Crippen LogP contribution in [0.2, 0.25) is 0 Å². The highest BCUT2D eigenvalue weighted by molar-refractivity contribution is 5.32. The Bertz CT molecular complexity index is 326. The van der Waals surface area contributed by atoms with E-state index in [2.05, 4.69) is 55.7 Å². The van der Waals surface area contributed by atoms with Gasteiger partial charge in [-0.2, -0.15) is 0 Å². The maximum absolute atomic E-state index is 3.51. The highest BCUT2D eigenvalue weighted by atomic mass is 14.9. The van der Waals surface area contributed by atoms with Gasteiger partial charge in [0.2, 0.25) is 0 Å². The molecule has 0 aliphatic heterocycles. The summed E-state index contributed by atoms with van der Waals surface area (Å²) in [5, 5.41) is 6.67. The molecule has 17 heavy (non-hydrogen) atoms. The van der Waals surface area contributed by atoms with E-state index in [1.54, 1.807) is 0 Å². The maximum atomic E-state index is 3.51. The molecule has 96 valence electrons. The summed E-state index contributed by atoms with van der Waals surface area (Å²) in [7, 11) is 1.99. The Labute approximate surface area is 106 Å². The SMILES string of the molecule is CNCCCNCc1ccccc1C(C)(C)C. The summed E-state index contributed by atoms with van der Waals surface area (Å²) in [6, 6.07) is 8.72. The fraction of sp³-hybridized carbons (Fsp3) is 0.600. The van der Waals surface area contributed by atoms with Crippen LogP contribution in [0.25, 0.3) is 0 Å². The summed E-state index contributed by atoms with van der Waals surface area (Å²) in [5.74, 6) is 0. The highest BCUT2D eigenvalue weighted by Crippen LogP contribution is 2.25. The number of benzene rings is 1. The van der Waals surface area contributed by atoms with Crippen LogP contribution in [0.4, 0.5) is 0 Å². The van der Waals surface area contributed by atoms with Gasteiger partial charge in [0.25, 0.3) is 0 Å². The largest absolute Gasteiger partial charge is 0.320 e. The van der Waals surface area contributed by atoms with Gasteiger partial charge in [0.05, 0.1) is 0 Å². The maximum Gasteiger partial charge on any atom is 0.0208 e. The molecule has 0 aromatic heterocycles. The molecule has 1 aromatic carbocycles. The van der Waals surface area contributed by atoms with Gasteiger partial charge in [0.1, 0.15) is 0 Å². The van der Waals surface area contributed by atoms with Crippen molar-refractivity contribution >= 4 is 0 Å². The molecule has 2 nitrogen and oxygen atoms in total. The minimum Gasteiger partial charge on any atom is -0.320 e. The van der Waals surface area contributed by atoms with Crippen molar-refractivity contribution in [3.8, 4) is 0 Å². The van der Waals surface area contributed by atoms with Crippen LogP contribution in [-0.4, -0.2) is 20.1 Å². The summed E-state index contributed by atoms with van der Waals surface area (Å²) in [6.07, 6.45) is 1.17. The first-order valence-corrected chi connectivity index (χ1v) is 6.49. The third kappa shape index (κ3) is 4.88. The highest BCUT2D eigenvalue weighted by Gasteiger charge is 2.16. The summed E-state index contributed by atoms with van der Waals surface area (Å²) in [6.45, 7) is 9.93. The third-order valence-corrected chi connectivity index (χ3v) is 2.92. The minimum absolute atomic E-state index is 0.225. The van der Waals surface area contributed by atoms with E-state index in [1.165, 1.54) is 17.5 Å². The Morgan fingerprint density at radius 2 is 1.76 bits per heavy atom. The first-order chi connectivity index (χ1) is 8.05. The first-order valence-electron chi connectivity index (χ1n) is 6.49. The molecule has 0 fully saturated rings. The second-order valence-electron chi connectivity index (χ2n) is 5.54. The Morgan fingerprint density at radius 3 is 2.41 bits per heavy atom. The lowest BCUT2D eigenvalue weighted by Crippen LogP contribution is -2.22. The van der Waals surface area contributed by atoms with Gasteiger partial charge in [0, 0.05) is 6.54 Å². The van der Waals surface area contributed by atoms with Crippen LogP contribution in [0.1, 0.15) is 38.3 Å². The standard InChI is InChI=1S/C15H26N2/c1-15(2,3)14-9-6-5-8-13(14)12-17-11-7-10-16-4/h5-6,8-9,16-17H,7,10-12H2,1-4H3. The molecule has 0 spiro atoms. The molecule has 0 radical (unpaired) electrons. The van der Waals surface area contributed by atoms with Gasteiger partial charge >= 0.3 is 0 Å². The Morgan fingerprint density at radius 1 is 1.06 bits per heavy atom. The summed E-state index contributed by atoms with van der Waals surface area (Å²) < 4.78 is 0. The zero-order valence-corrected chi connectivity index (χ0v) is 11.6. The zero-order valence-electron chi connectivity index (χ0n) is 11.6. The summed E-state index contributed by atoms with van der Waals surface area (Å²) in [4.78, 5) is 0. The van der Waals surface area contributed by atoms with Crippen molar-refractivity contribution in [2.75, 3.05) is 20.1 Å². The lowest BCUT2D eigenvalue weighted by molar-refractivity contribution is 0.568. The van der Waals surface area contributed by atoms with Crippen LogP contribution in [0.15, 0.2) is 24.3 Å². The van der Waals surface area contributed by atoms with Crippen LogP contribution in [0.3, 0.4) is 0 Å². The van der Waals surface area contributed by atoms with Gasteiger partial charge in [0.15, 0.2) is 0 Å². The average Bonchev–Trinajstić information content (AvgIpc) is 2.28. The minimum atomic E-state index is 0.225. The van der Waals surface area contributed by atoms with Crippen LogP contribution in [0.5, 0.6) is 0 Å².